The fraction of sp³-hybridized carbons (Fsp3) is 0.167. The minimum absolute atomic E-state index is 0.119. The summed E-state index contributed by atoms with van der Waals surface area (Å²) in [5.41, 5.74) is 5.92. The molecule has 0 radical (unpaired) electrons. The lowest BCUT2D eigenvalue weighted by atomic mass is 10.0. The smallest absolute Gasteiger partial charge is 0.528 e. The molecule has 0 spiro atoms. The molecule has 6 rings (SSSR count). The van der Waals surface area contributed by atoms with Gasteiger partial charge >= 0.3 is 7.69 Å². The van der Waals surface area contributed by atoms with Gasteiger partial charge in [0.25, 0.3) is 20.0 Å². The summed E-state index contributed by atoms with van der Waals surface area (Å²) in [5.74, 6) is 1.89. The van der Waals surface area contributed by atoms with Gasteiger partial charge in [-0.05, 0) is 100 Å². The summed E-state index contributed by atoms with van der Waals surface area (Å²) in [6.45, 7) is 10.6. The van der Waals surface area contributed by atoms with Crippen LogP contribution >= 0.6 is 0 Å². The molecule has 12 nitrogen and oxygen atoms in total. The van der Waals surface area contributed by atoms with Crippen LogP contribution in [0.4, 0.5) is 11.4 Å². The van der Waals surface area contributed by atoms with E-state index >= 15 is 0 Å². The van der Waals surface area contributed by atoms with E-state index in [9.17, 15) is 16.8 Å². The van der Waals surface area contributed by atoms with E-state index in [-0.39, 0.29) is 17.5 Å². The van der Waals surface area contributed by atoms with Gasteiger partial charge in [0.2, 0.25) is 0 Å². The molecular formula is C36H35BN4O8S2. The van der Waals surface area contributed by atoms with Crippen molar-refractivity contribution in [3.63, 3.8) is 0 Å². The lowest BCUT2D eigenvalue weighted by Crippen LogP contribution is -2.15. The van der Waals surface area contributed by atoms with Crippen LogP contribution in [0.5, 0.6) is 11.5 Å². The van der Waals surface area contributed by atoms with Gasteiger partial charge in [-0.2, -0.15) is 0 Å². The maximum Gasteiger partial charge on any atom is 0.576 e. The standard InChI is InChI=1S/C36H35BN4O8S2/c1-21-13-15-27(35-23(3)38-48-25(35)5)17-33(21)50(42,43)40-29-9-7-11-31(19-29)46-37-47-32-12-8-10-30(20-32)41-51(44,45)34-18-28(16-14-22(34)2)36-24(4)39-49-26(36)6/h7-20,37,40-41H,1-6H3. The van der Waals surface area contributed by atoms with Crippen LogP contribution in [0.15, 0.2) is 104 Å². The first-order valence-corrected chi connectivity index (χ1v) is 18.8. The average Bonchev–Trinajstić information content (AvgIpc) is 3.59. The third kappa shape index (κ3) is 7.64. The summed E-state index contributed by atoms with van der Waals surface area (Å²) in [4.78, 5) is 0.238. The van der Waals surface area contributed by atoms with Crippen molar-refractivity contribution in [1.82, 2.24) is 10.3 Å². The van der Waals surface area contributed by atoms with Gasteiger partial charge in [0.1, 0.15) is 23.0 Å². The molecule has 0 aliphatic heterocycles. The minimum Gasteiger partial charge on any atom is -0.528 e. The second-order valence-corrected chi connectivity index (χ2v) is 15.3. The summed E-state index contributed by atoms with van der Waals surface area (Å²) in [5, 5.41) is 7.96. The second-order valence-electron chi connectivity index (χ2n) is 12.0. The highest BCUT2D eigenvalue weighted by Gasteiger charge is 2.22. The van der Waals surface area contributed by atoms with Crippen LogP contribution in [0.25, 0.3) is 22.3 Å². The van der Waals surface area contributed by atoms with Crippen molar-refractivity contribution < 1.29 is 35.2 Å². The van der Waals surface area contributed by atoms with Crippen LogP contribution in [-0.2, 0) is 20.0 Å². The molecule has 6 aromatic rings. The molecule has 15 heteroatoms. The van der Waals surface area contributed by atoms with Crippen LogP contribution in [0.1, 0.15) is 34.0 Å². The van der Waals surface area contributed by atoms with Gasteiger partial charge in [0, 0.05) is 23.3 Å². The van der Waals surface area contributed by atoms with Crippen molar-refractivity contribution in [2.24, 2.45) is 0 Å². The lowest BCUT2D eigenvalue weighted by molar-refractivity contribution is 0.393. The molecule has 0 amide bonds. The third-order valence-corrected chi connectivity index (χ3v) is 11.3. The molecule has 0 aliphatic rings. The summed E-state index contributed by atoms with van der Waals surface area (Å²) < 4.78 is 81.3. The SMILES string of the molecule is Cc1ccc(-c2c(C)noc2C)cc1S(=O)(=O)Nc1cccc(OBOc2cccc(NS(=O)(=O)c3cc(-c4c(C)noc4C)ccc3C)c2)c1. The highest BCUT2D eigenvalue weighted by atomic mass is 32.2. The fourth-order valence-corrected chi connectivity index (χ4v) is 8.41. The fourth-order valence-electron chi connectivity index (χ4n) is 5.77. The first kappa shape index (κ1) is 35.3. The molecule has 0 fully saturated rings. The number of nitrogens with one attached hydrogen (secondary N) is 2. The van der Waals surface area contributed by atoms with Crippen molar-refractivity contribution in [3.8, 4) is 33.8 Å². The molecule has 2 aromatic heterocycles. The Morgan fingerprint density at radius 1 is 0.569 bits per heavy atom. The minimum atomic E-state index is -3.97. The van der Waals surface area contributed by atoms with E-state index in [0.29, 0.717) is 68.0 Å². The zero-order valence-corrected chi connectivity index (χ0v) is 30.4. The molecule has 2 N–H and O–H groups in total. The van der Waals surface area contributed by atoms with Gasteiger partial charge in [-0.1, -0.05) is 46.7 Å². The number of aryl methyl sites for hydroxylation is 6. The van der Waals surface area contributed by atoms with Crippen LogP contribution in [-0.4, -0.2) is 34.8 Å². The van der Waals surface area contributed by atoms with Gasteiger partial charge in [-0.15, -0.1) is 0 Å². The van der Waals surface area contributed by atoms with Crippen molar-refractivity contribution in [3.05, 3.63) is 119 Å². The first-order chi connectivity index (χ1) is 24.2. The summed E-state index contributed by atoms with van der Waals surface area (Å²) in [7, 11) is -8.18. The molecule has 51 heavy (non-hydrogen) atoms. The Labute approximate surface area is 297 Å². The normalized spacial score (nSPS) is 11.6. The van der Waals surface area contributed by atoms with Gasteiger partial charge in [-0.3, -0.25) is 9.44 Å². The van der Waals surface area contributed by atoms with Crippen LogP contribution in [0.2, 0.25) is 0 Å². The predicted molar refractivity (Wildman–Crippen MR) is 195 cm³/mol. The lowest BCUT2D eigenvalue weighted by Gasteiger charge is -2.14. The Balaban J connectivity index is 1.11. The Morgan fingerprint density at radius 2 is 0.980 bits per heavy atom. The molecule has 262 valence electrons. The average molecular weight is 727 g/mol. The number of aromatic nitrogens is 2. The number of sulfonamides is 2. The zero-order chi connectivity index (χ0) is 36.5. The largest absolute Gasteiger partial charge is 0.576 e. The van der Waals surface area contributed by atoms with E-state index in [2.05, 4.69) is 19.8 Å². The molecule has 0 saturated heterocycles. The Hall–Kier alpha value is -5.54. The van der Waals surface area contributed by atoms with Gasteiger partial charge in [0.05, 0.1) is 32.6 Å². The first-order valence-electron chi connectivity index (χ1n) is 15.8. The van der Waals surface area contributed by atoms with Crippen LogP contribution in [0.3, 0.4) is 0 Å². The van der Waals surface area contributed by atoms with Crippen LogP contribution in [0, 0.1) is 41.5 Å². The molecule has 0 atom stereocenters. The number of benzene rings is 4. The third-order valence-electron chi connectivity index (χ3n) is 8.22. The molecule has 2 heterocycles. The van der Waals surface area contributed by atoms with Gasteiger partial charge < -0.3 is 18.4 Å². The van der Waals surface area contributed by atoms with E-state index < -0.39 is 20.0 Å². The van der Waals surface area contributed by atoms with E-state index in [1.165, 1.54) is 12.1 Å². The Bertz CT molecular complexity index is 2270. The highest BCUT2D eigenvalue weighted by Crippen LogP contribution is 2.33. The second kappa shape index (κ2) is 14.0. The quantitative estimate of drug-likeness (QED) is 0.124. The van der Waals surface area contributed by atoms with Crippen molar-refractivity contribution in [2.45, 2.75) is 51.3 Å². The summed E-state index contributed by atoms with van der Waals surface area (Å²) in [6, 6.07) is 23.3. The van der Waals surface area contributed by atoms with Gasteiger partial charge in [-0.25, -0.2) is 16.8 Å². The number of nitrogens with zero attached hydrogens (tertiary/aromatic N) is 2. The molecule has 0 aliphatic carbocycles. The van der Waals surface area contributed by atoms with Crippen molar-refractivity contribution >= 4 is 39.1 Å². The zero-order valence-electron chi connectivity index (χ0n) is 28.8. The number of hydrogen-bond acceptors (Lipinski definition) is 10. The maximum absolute atomic E-state index is 13.5. The number of rotatable bonds is 12. The molecule has 4 aromatic carbocycles. The predicted octanol–water partition coefficient (Wildman–Crippen LogP) is 7.17. The van der Waals surface area contributed by atoms with Gasteiger partial charge in [0.15, 0.2) is 0 Å². The van der Waals surface area contributed by atoms with Crippen molar-refractivity contribution in [2.75, 3.05) is 9.44 Å². The van der Waals surface area contributed by atoms with Crippen LogP contribution < -0.4 is 18.8 Å². The van der Waals surface area contributed by atoms with E-state index in [4.69, 9.17) is 18.4 Å². The maximum atomic E-state index is 13.5. The van der Waals surface area contributed by atoms with E-state index in [1.54, 1.807) is 102 Å². The highest BCUT2D eigenvalue weighted by molar-refractivity contribution is 7.93. The summed E-state index contributed by atoms with van der Waals surface area (Å²) >= 11 is 0. The van der Waals surface area contributed by atoms with E-state index in [1.807, 2.05) is 12.1 Å². The molecular weight excluding hydrogens is 691 g/mol. The summed E-state index contributed by atoms with van der Waals surface area (Å²) in [6.07, 6.45) is 0. The van der Waals surface area contributed by atoms with E-state index in [0.717, 1.165) is 11.1 Å². The molecule has 0 saturated carbocycles. The number of anilines is 2. The Kier molecular flexibility index (Phi) is 9.69. The monoisotopic (exact) mass is 726 g/mol. The molecule has 0 unspecified atom stereocenters. The molecule has 0 bridgehead atoms. The number of hydrogen-bond donors (Lipinski definition) is 2. The topological polar surface area (TPSA) is 163 Å². The Morgan fingerprint density at radius 3 is 1.35 bits per heavy atom. The van der Waals surface area contributed by atoms with Crippen molar-refractivity contribution in [1.29, 1.82) is 0 Å².